The molecule has 0 unspecified atom stereocenters. The Morgan fingerprint density at radius 2 is 2.20 bits per heavy atom. The molecule has 0 radical (unpaired) electrons. The van der Waals surface area contributed by atoms with Crippen LogP contribution in [0.1, 0.15) is 17.4 Å². The average Bonchev–Trinajstić information content (AvgIpc) is 2.92. The molecule has 0 aliphatic heterocycles. The normalized spacial score (nSPS) is 10.6. The van der Waals surface area contributed by atoms with Crippen molar-refractivity contribution in [3.63, 3.8) is 0 Å². The van der Waals surface area contributed by atoms with Gasteiger partial charge in [-0.1, -0.05) is 0 Å². The first-order chi connectivity index (χ1) is 9.74. The van der Waals surface area contributed by atoms with Crippen molar-refractivity contribution < 1.29 is 9.47 Å². The van der Waals surface area contributed by atoms with Crippen LogP contribution in [0.2, 0.25) is 0 Å². The highest BCUT2D eigenvalue weighted by atomic mass is 79.9. The molecular formula is C14H17BrN2O2S. The van der Waals surface area contributed by atoms with Crippen molar-refractivity contribution in [2.45, 2.75) is 20.0 Å². The van der Waals surface area contributed by atoms with Crippen molar-refractivity contribution in [3.8, 4) is 11.5 Å². The van der Waals surface area contributed by atoms with Crippen LogP contribution in [0.15, 0.2) is 28.3 Å². The largest absolute Gasteiger partial charge is 0.490 e. The van der Waals surface area contributed by atoms with E-state index < -0.39 is 0 Å². The van der Waals surface area contributed by atoms with Gasteiger partial charge in [-0.15, -0.1) is 11.3 Å². The molecule has 1 aromatic heterocycles. The number of hydrogen-bond donors (Lipinski definition) is 1. The van der Waals surface area contributed by atoms with Crippen LogP contribution < -0.4 is 15.2 Å². The summed E-state index contributed by atoms with van der Waals surface area (Å²) in [4.78, 5) is 5.11. The average molecular weight is 357 g/mol. The van der Waals surface area contributed by atoms with Crippen LogP contribution in [-0.4, -0.2) is 18.1 Å². The van der Waals surface area contributed by atoms with Crippen LogP contribution in [-0.2, 0) is 13.0 Å². The number of halogens is 1. The van der Waals surface area contributed by atoms with Gasteiger partial charge in [0.1, 0.15) is 6.61 Å². The molecule has 4 nitrogen and oxygen atoms in total. The molecule has 0 amide bonds. The summed E-state index contributed by atoms with van der Waals surface area (Å²) in [5, 5.41) is 0. The van der Waals surface area contributed by atoms with Crippen molar-refractivity contribution in [2.24, 2.45) is 5.73 Å². The fourth-order valence-electron chi connectivity index (χ4n) is 1.79. The predicted octanol–water partition coefficient (Wildman–Crippen LogP) is 3.38. The van der Waals surface area contributed by atoms with Crippen LogP contribution in [0.4, 0.5) is 0 Å². The summed E-state index contributed by atoms with van der Waals surface area (Å²) < 4.78 is 12.4. The minimum Gasteiger partial charge on any atom is -0.490 e. The first-order valence-corrected chi connectivity index (χ1v) is 8.07. The summed E-state index contributed by atoms with van der Waals surface area (Å²) in [6.45, 7) is 3.64. The third-order valence-corrected chi connectivity index (χ3v) is 3.99. The highest BCUT2D eigenvalue weighted by molar-refractivity contribution is 9.10. The number of hydrogen-bond acceptors (Lipinski definition) is 5. The molecule has 0 saturated carbocycles. The molecule has 2 N–H and O–H groups in total. The zero-order valence-electron chi connectivity index (χ0n) is 11.3. The molecule has 1 heterocycles. The number of benzene rings is 1. The van der Waals surface area contributed by atoms with Gasteiger partial charge in [0.05, 0.1) is 21.5 Å². The highest BCUT2D eigenvalue weighted by Crippen LogP contribution is 2.37. The molecule has 1 aromatic carbocycles. The Morgan fingerprint density at radius 1 is 1.35 bits per heavy atom. The number of aromatic nitrogens is 1. The van der Waals surface area contributed by atoms with E-state index in [1.165, 1.54) is 0 Å². The molecule has 20 heavy (non-hydrogen) atoms. The van der Waals surface area contributed by atoms with Crippen molar-refractivity contribution in [3.05, 3.63) is 38.8 Å². The molecule has 0 atom stereocenters. The first-order valence-electron chi connectivity index (χ1n) is 6.40. The van der Waals surface area contributed by atoms with E-state index in [0.717, 1.165) is 32.8 Å². The summed E-state index contributed by atoms with van der Waals surface area (Å²) in [6, 6.07) is 4.01. The smallest absolute Gasteiger partial charge is 0.175 e. The van der Waals surface area contributed by atoms with Crippen LogP contribution >= 0.6 is 27.3 Å². The Kier molecular flexibility index (Phi) is 5.82. The summed E-state index contributed by atoms with van der Waals surface area (Å²) in [7, 11) is 0. The standard InChI is InChI=1S/C14H17BrN2O2S/c1-2-18-13-6-10(3-4-16)5-12(15)14(13)19-8-11-7-17-9-20-11/h5-7,9H,2-4,8,16H2,1H3. The molecule has 108 valence electrons. The molecule has 6 heteroatoms. The van der Waals surface area contributed by atoms with Gasteiger partial charge in [0.2, 0.25) is 0 Å². The second-order valence-electron chi connectivity index (χ2n) is 4.13. The molecule has 0 spiro atoms. The van der Waals surface area contributed by atoms with Crippen LogP contribution in [0.25, 0.3) is 0 Å². The lowest BCUT2D eigenvalue weighted by Gasteiger charge is -2.15. The van der Waals surface area contributed by atoms with Gasteiger partial charge in [-0.05, 0) is 53.5 Å². The minimum atomic E-state index is 0.486. The first kappa shape index (κ1) is 15.3. The zero-order chi connectivity index (χ0) is 14.4. The van der Waals surface area contributed by atoms with Crippen molar-refractivity contribution in [2.75, 3.05) is 13.2 Å². The second-order valence-corrected chi connectivity index (χ2v) is 5.96. The maximum absolute atomic E-state index is 5.87. The van der Waals surface area contributed by atoms with E-state index in [9.17, 15) is 0 Å². The van der Waals surface area contributed by atoms with Gasteiger partial charge in [0, 0.05) is 6.20 Å². The van der Waals surface area contributed by atoms with Gasteiger partial charge in [-0.2, -0.15) is 0 Å². The van der Waals surface area contributed by atoms with Gasteiger partial charge in [0.25, 0.3) is 0 Å². The van der Waals surface area contributed by atoms with Crippen molar-refractivity contribution in [1.82, 2.24) is 4.98 Å². The Hall–Kier alpha value is -1.11. The van der Waals surface area contributed by atoms with Gasteiger partial charge in [0.15, 0.2) is 11.5 Å². The molecule has 0 saturated heterocycles. The summed E-state index contributed by atoms with van der Waals surface area (Å²) in [6.07, 6.45) is 2.62. The third-order valence-electron chi connectivity index (χ3n) is 2.64. The number of rotatable bonds is 7. The number of ether oxygens (including phenoxy) is 2. The summed E-state index contributed by atoms with van der Waals surface area (Å²) in [5.74, 6) is 1.47. The lowest BCUT2D eigenvalue weighted by atomic mass is 10.1. The predicted molar refractivity (Wildman–Crippen MR) is 84.5 cm³/mol. The maximum Gasteiger partial charge on any atom is 0.175 e. The van der Waals surface area contributed by atoms with E-state index in [1.807, 2.05) is 25.3 Å². The fraction of sp³-hybridized carbons (Fsp3) is 0.357. The maximum atomic E-state index is 5.87. The Labute approximate surface area is 131 Å². The molecule has 2 rings (SSSR count). The number of nitrogens with two attached hydrogens (primary N) is 1. The lowest BCUT2D eigenvalue weighted by Crippen LogP contribution is -2.05. The van der Waals surface area contributed by atoms with Crippen LogP contribution in [0.3, 0.4) is 0 Å². The Bertz CT molecular complexity index is 546. The Balaban J connectivity index is 2.20. The SMILES string of the molecule is CCOc1cc(CCN)cc(Br)c1OCc1cncs1. The minimum absolute atomic E-state index is 0.486. The second kappa shape index (κ2) is 7.61. The molecule has 2 aromatic rings. The molecular weight excluding hydrogens is 340 g/mol. The van der Waals surface area contributed by atoms with E-state index in [0.29, 0.717) is 19.8 Å². The zero-order valence-corrected chi connectivity index (χ0v) is 13.7. The topological polar surface area (TPSA) is 57.4 Å². The number of nitrogens with zero attached hydrogens (tertiary/aromatic N) is 1. The van der Waals surface area contributed by atoms with Crippen molar-refractivity contribution >= 4 is 27.3 Å². The molecule has 0 aliphatic rings. The molecule has 0 bridgehead atoms. The highest BCUT2D eigenvalue weighted by Gasteiger charge is 2.12. The van der Waals surface area contributed by atoms with E-state index in [1.54, 1.807) is 16.8 Å². The van der Waals surface area contributed by atoms with Gasteiger partial charge < -0.3 is 15.2 Å². The van der Waals surface area contributed by atoms with E-state index in [4.69, 9.17) is 15.2 Å². The van der Waals surface area contributed by atoms with Crippen LogP contribution in [0, 0.1) is 0 Å². The van der Waals surface area contributed by atoms with Gasteiger partial charge in [-0.3, -0.25) is 4.98 Å². The van der Waals surface area contributed by atoms with Gasteiger partial charge >= 0.3 is 0 Å². The van der Waals surface area contributed by atoms with Crippen molar-refractivity contribution in [1.29, 1.82) is 0 Å². The van der Waals surface area contributed by atoms with Crippen LogP contribution in [0.5, 0.6) is 11.5 Å². The summed E-state index contributed by atoms with van der Waals surface area (Å²) >= 11 is 5.11. The third kappa shape index (κ3) is 3.94. The molecule has 0 fully saturated rings. The van der Waals surface area contributed by atoms with E-state index in [-0.39, 0.29) is 0 Å². The number of thiazole rings is 1. The fourth-order valence-corrected chi connectivity index (χ4v) is 2.90. The quantitative estimate of drug-likeness (QED) is 0.825. The summed E-state index contributed by atoms with van der Waals surface area (Å²) in [5.41, 5.74) is 8.53. The molecule has 0 aliphatic carbocycles. The monoisotopic (exact) mass is 356 g/mol. The lowest BCUT2D eigenvalue weighted by molar-refractivity contribution is 0.269. The van der Waals surface area contributed by atoms with E-state index >= 15 is 0 Å². The Morgan fingerprint density at radius 3 is 2.85 bits per heavy atom. The van der Waals surface area contributed by atoms with E-state index in [2.05, 4.69) is 20.9 Å². The van der Waals surface area contributed by atoms with Gasteiger partial charge in [-0.25, -0.2) is 0 Å².